The van der Waals surface area contributed by atoms with Gasteiger partial charge in [-0.05, 0) is 43.4 Å². The van der Waals surface area contributed by atoms with Crippen LogP contribution in [0.5, 0.6) is 0 Å². The highest BCUT2D eigenvalue weighted by Crippen LogP contribution is 2.12. The summed E-state index contributed by atoms with van der Waals surface area (Å²) in [6.45, 7) is 11.1. The van der Waals surface area contributed by atoms with Crippen LogP contribution in [0.3, 0.4) is 0 Å². The van der Waals surface area contributed by atoms with Gasteiger partial charge in [0.15, 0.2) is 0 Å². The third-order valence-electron chi connectivity index (χ3n) is 4.78. The number of carbonyl (C=O) groups is 3. The minimum atomic E-state index is -0.800. The quantitative estimate of drug-likeness (QED) is 0.423. The van der Waals surface area contributed by atoms with E-state index in [0.29, 0.717) is 6.42 Å². The van der Waals surface area contributed by atoms with Crippen LogP contribution >= 0.6 is 0 Å². The van der Waals surface area contributed by atoms with E-state index >= 15 is 0 Å². The summed E-state index contributed by atoms with van der Waals surface area (Å²) in [6.07, 6.45) is 5.62. The average molecular weight is 419 g/mol. The lowest BCUT2D eigenvalue weighted by Crippen LogP contribution is -2.55. The average Bonchev–Trinajstić information content (AvgIpc) is 2.72. The van der Waals surface area contributed by atoms with E-state index in [9.17, 15) is 14.4 Å². The zero-order valence-electron chi connectivity index (χ0n) is 18.7. The van der Waals surface area contributed by atoms with Crippen molar-refractivity contribution in [3.63, 3.8) is 0 Å². The molecule has 166 valence electrons. The van der Waals surface area contributed by atoms with Gasteiger partial charge in [0.2, 0.25) is 11.8 Å². The number of carbonyl (C=O) groups excluding carboxylic acids is 3. The van der Waals surface area contributed by atoms with Gasteiger partial charge in [-0.2, -0.15) is 0 Å². The van der Waals surface area contributed by atoms with Crippen molar-refractivity contribution in [1.82, 2.24) is 15.6 Å². The Labute approximate surface area is 178 Å². The van der Waals surface area contributed by atoms with Gasteiger partial charge in [-0.3, -0.25) is 19.6 Å². The summed E-state index contributed by atoms with van der Waals surface area (Å²) < 4.78 is 4.93. The van der Waals surface area contributed by atoms with Crippen molar-refractivity contribution in [3.05, 3.63) is 30.1 Å². The molecular formula is C22H34N4O4. The monoisotopic (exact) mass is 418 g/mol. The Kier molecular flexibility index (Phi) is 10.7. The molecule has 0 aliphatic carbocycles. The summed E-state index contributed by atoms with van der Waals surface area (Å²) in [4.78, 5) is 46.0. The van der Waals surface area contributed by atoms with Gasteiger partial charge in [-0.15, -0.1) is 0 Å². The smallest absolute Gasteiger partial charge is 0.328 e. The number of ether oxygens (including phenoxy) is 1. The molecule has 0 aromatic carbocycles. The highest BCUT2D eigenvalue weighted by Gasteiger charge is 2.31. The Balaban J connectivity index is 2.92. The summed E-state index contributed by atoms with van der Waals surface area (Å²) >= 11 is 0. The van der Waals surface area contributed by atoms with E-state index in [1.807, 2.05) is 27.7 Å². The largest absolute Gasteiger partial charge is 0.464 e. The third-order valence-corrected chi connectivity index (χ3v) is 4.78. The maximum absolute atomic E-state index is 13.0. The molecule has 30 heavy (non-hydrogen) atoms. The van der Waals surface area contributed by atoms with Crippen molar-refractivity contribution in [2.24, 2.45) is 16.8 Å². The molecule has 0 bridgehead atoms. The van der Waals surface area contributed by atoms with E-state index in [-0.39, 0.29) is 24.3 Å². The maximum Gasteiger partial charge on any atom is 0.328 e. The number of aromatic nitrogens is 1. The number of esters is 1. The molecule has 0 unspecified atom stereocenters. The lowest BCUT2D eigenvalue weighted by atomic mass is 9.96. The number of pyridine rings is 1. The van der Waals surface area contributed by atoms with Crippen molar-refractivity contribution in [2.45, 2.75) is 66.1 Å². The first-order valence-corrected chi connectivity index (χ1v) is 10.4. The molecule has 0 aliphatic heterocycles. The van der Waals surface area contributed by atoms with Crippen LogP contribution in [0.2, 0.25) is 0 Å². The molecule has 1 heterocycles. The molecule has 1 aromatic heterocycles. The van der Waals surface area contributed by atoms with Crippen LogP contribution < -0.4 is 10.6 Å². The molecule has 8 nitrogen and oxygen atoms in total. The van der Waals surface area contributed by atoms with Gasteiger partial charge in [0.1, 0.15) is 18.1 Å². The second-order valence-corrected chi connectivity index (χ2v) is 7.60. The highest BCUT2D eigenvalue weighted by atomic mass is 16.5. The fraction of sp³-hybridized carbons (Fsp3) is 0.591. The van der Waals surface area contributed by atoms with Crippen LogP contribution in [0.1, 0.15) is 53.5 Å². The second-order valence-electron chi connectivity index (χ2n) is 7.60. The number of aliphatic imine (C=N–C) groups is 1. The van der Waals surface area contributed by atoms with Crippen molar-refractivity contribution in [3.8, 4) is 0 Å². The van der Waals surface area contributed by atoms with Gasteiger partial charge in [-0.1, -0.05) is 34.1 Å². The number of amides is 2. The number of rotatable bonds is 11. The van der Waals surface area contributed by atoms with E-state index in [1.165, 1.54) is 0 Å². The summed E-state index contributed by atoms with van der Waals surface area (Å²) in [7, 11) is 0. The van der Waals surface area contributed by atoms with Gasteiger partial charge in [-0.25, -0.2) is 4.79 Å². The fourth-order valence-corrected chi connectivity index (χ4v) is 2.73. The van der Waals surface area contributed by atoms with Crippen molar-refractivity contribution in [1.29, 1.82) is 0 Å². The zero-order valence-corrected chi connectivity index (χ0v) is 18.7. The van der Waals surface area contributed by atoms with Crippen LogP contribution in [0, 0.1) is 11.8 Å². The zero-order chi connectivity index (χ0) is 22.7. The molecule has 0 aliphatic rings. The molecule has 0 radical (unpaired) electrons. The summed E-state index contributed by atoms with van der Waals surface area (Å²) in [5, 5.41) is 5.47. The van der Waals surface area contributed by atoms with Gasteiger partial charge >= 0.3 is 5.97 Å². The third kappa shape index (κ3) is 7.93. The molecule has 1 aromatic rings. The maximum atomic E-state index is 13.0. The predicted molar refractivity (Wildman–Crippen MR) is 116 cm³/mol. The van der Waals surface area contributed by atoms with E-state index < -0.39 is 30.0 Å². The number of nitrogens with one attached hydrogen (secondary N) is 2. The molecule has 8 heteroatoms. The van der Waals surface area contributed by atoms with E-state index in [0.717, 1.165) is 5.56 Å². The molecule has 0 saturated carbocycles. The predicted octanol–water partition coefficient (Wildman–Crippen LogP) is 2.12. The topological polar surface area (TPSA) is 110 Å². The lowest BCUT2D eigenvalue weighted by molar-refractivity contribution is -0.147. The molecule has 4 atom stereocenters. The Hall–Kier alpha value is -2.77. The van der Waals surface area contributed by atoms with Crippen LogP contribution in [0.25, 0.3) is 0 Å². The number of hydrogen-bond donors (Lipinski definition) is 2. The first-order chi connectivity index (χ1) is 14.2. The first-order valence-electron chi connectivity index (χ1n) is 10.4. The van der Waals surface area contributed by atoms with Gasteiger partial charge in [0.25, 0.3) is 0 Å². The Morgan fingerprint density at radius 2 is 1.70 bits per heavy atom. The Bertz CT molecular complexity index is 721. The van der Waals surface area contributed by atoms with Gasteiger partial charge < -0.3 is 15.4 Å². The van der Waals surface area contributed by atoms with E-state index in [2.05, 4.69) is 20.6 Å². The minimum absolute atomic E-state index is 0.0674. The van der Waals surface area contributed by atoms with Crippen molar-refractivity contribution in [2.75, 3.05) is 6.61 Å². The Morgan fingerprint density at radius 3 is 2.23 bits per heavy atom. The molecule has 2 N–H and O–H groups in total. The van der Waals surface area contributed by atoms with Crippen LogP contribution in [-0.2, 0) is 19.1 Å². The summed E-state index contributed by atoms with van der Waals surface area (Å²) in [6, 6.07) is 1.36. The number of hydrogen-bond acceptors (Lipinski definition) is 6. The molecular weight excluding hydrogens is 384 g/mol. The van der Waals surface area contributed by atoms with Crippen LogP contribution in [0.15, 0.2) is 29.5 Å². The van der Waals surface area contributed by atoms with Crippen LogP contribution in [-0.4, -0.2) is 53.7 Å². The first kappa shape index (κ1) is 25.3. The minimum Gasteiger partial charge on any atom is -0.464 e. The normalized spacial score (nSPS) is 15.3. The molecule has 0 saturated heterocycles. The second kappa shape index (κ2) is 12.7. The Morgan fingerprint density at radius 1 is 1.07 bits per heavy atom. The fourth-order valence-electron chi connectivity index (χ4n) is 2.73. The molecule has 0 spiro atoms. The summed E-state index contributed by atoms with van der Waals surface area (Å²) in [5.74, 6) is -1.46. The number of nitrogens with zero attached hydrogens (tertiary/aromatic N) is 2. The standard InChI is InChI=1S/C22H34N4O4/c1-7-15(5)19(21(28)25-16(6)22(29)30-8-2)26-20(27)18(14(3)4)24-13-17-9-11-23-12-10-17/h9-16,18-19H,7-8H2,1-6H3,(H,25,28)(H,26,27)/t15-,16-,18-,19-/m0/s1. The molecule has 1 rings (SSSR count). The molecule has 0 fully saturated rings. The molecule has 2 amide bonds. The van der Waals surface area contributed by atoms with Gasteiger partial charge in [0.05, 0.1) is 6.61 Å². The van der Waals surface area contributed by atoms with E-state index in [1.54, 1.807) is 44.6 Å². The van der Waals surface area contributed by atoms with Crippen molar-refractivity contribution < 1.29 is 19.1 Å². The van der Waals surface area contributed by atoms with Crippen LogP contribution in [0.4, 0.5) is 0 Å². The van der Waals surface area contributed by atoms with E-state index in [4.69, 9.17) is 4.74 Å². The SMILES string of the molecule is CCOC(=O)[C@H](C)NC(=O)[C@@H](NC(=O)[C@@H](N=Cc1ccncc1)C(C)C)[C@@H](C)CC. The summed E-state index contributed by atoms with van der Waals surface area (Å²) in [5.41, 5.74) is 0.836. The van der Waals surface area contributed by atoms with Crippen molar-refractivity contribution >= 4 is 24.0 Å². The van der Waals surface area contributed by atoms with Gasteiger partial charge in [0, 0.05) is 18.6 Å². The lowest BCUT2D eigenvalue weighted by Gasteiger charge is -2.27. The highest BCUT2D eigenvalue weighted by molar-refractivity contribution is 5.93.